The highest BCUT2D eigenvalue weighted by atomic mass is 35.5. The van der Waals surface area contributed by atoms with E-state index in [1.807, 2.05) is 0 Å². The third-order valence-corrected chi connectivity index (χ3v) is 12.2. The van der Waals surface area contributed by atoms with Gasteiger partial charge in [0.15, 0.2) is 0 Å². The third-order valence-electron chi connectivity index (χ3n) is 11.9. The zero-order valence-corrected chi connectivity index (χ0v) is 31.9. The molecule has 1 heterocycles. The number of para-hydroxylation sites is 2. The Labute approximate surface area is 331 Å². The van der Waals surface area contributed by atoms with Crippen molar-refractivity contribution in [2.24, 2.45) is 0 Å². The monoisotopic (exact) mass is 736 g/mol. The van der Waals surface area contributed by atoms with Crippen molar-refractivity contribution in [3.05, 3.63) is 204 Å². The molecule has 0 saturated carbocycles. The Hall–Kier alpha value is -6.61. The molecule has 1 aliphatic rings. The van der Waals surface area contributed by atoms with Gasteiger partial charge in [0.2, 0.25) is 0 Å². The van der Waals surface area contributed by atoms with Gasteiger partial charge in [0.25, 0.3) is 0 Å². The highest BCUT2D eigenvalue weighted by molar-refractivity contribution is 6.31. The maximum atomic E-state index is 7.06. The molecule has 56 heavy (non-hydrogen) atoms. The number of aromatic nitrogens is 1. The van der Waals surface area contributed by atoms with E-state index in [9.17, 15) is 0 Å². The van der Waals surface area contributed by atoms with E-state index in [0.29, 0.717) is 5.02 Å². The summed E-state index contributed by atoms with van der Waals surface area (Å²) in [6.45, 7) is 4.65. The van der Waals surface area contributed by atoms with E-state index in [-0.39, 0.29) is 5.41 Å². The van der Waals surface area contributed by atoms with Crippen LogP contribution in [0.1, 0.15) is 25.0 Å². The molecule has 10 aromatic rings. The minimum Gasteiger partial charge on any atom is -0.310 e. The molecule has 3 heteroatoms. The number of hydrogen-bond donors (Lipinski definition) is 0. The van der Waals surface area contributed by atoms with Crippen molar-refractivity contribution < 1.29 is 0 Å². The Morgan fingerprint density at radius 2 is 1.18 bits per heavy atom. The second kappa shape index (κ2) is 12.5. The van der Waals surface area contributed by atoms with E-state index in [0.717, 1.165) is 33.9 Å². The van der Waals surface area contributed by atoms with Crippen molar-refractivity contribution in [2.45, 2.75) is 19.3 Å². The lowest BCUT2D eigenvalue weighted by molar-refractivity contribution is 0.660. The normalized spacial score (nSPS) is 13.1. The third kappa shape index (κ3) is 5.03. The summed E-state index contributed by atoms with van der Waals surface area (Å²) in [6, 6.07) is 68.3. The molecule has 0 spiro atoms. The van der Waals surface area contributed by atoms with E-state index in [2.05, 4.69) is 211 Å². The average molecular weight is 737 g/mol. The standard InChI is InChI=1S/C53H37ClN2/c1-53(2)49-20-12-11-19-45(49)47-33-42(24-26-50(47)53)55(40-14-5-3-6-15-40)43-29-38(28-39(54)32-43)35-21-22-36-31-51-48(30-37(36)27-35)46-25-23-34-13-9-10-18-44(34)52(46)56(51)41-16-7-4-8-17-41/h3-33H,1-2H3. The van der Waals surface area contributed by atoms with Gasteiger partial charge in [-0.25, -0.2) is 0 Å². The summed E-state index contributed by atoms with van der Waals surface area (Å²) < 4.78 is 2.43. The van der Waals surface area contributed by atoms with E-state index in [4.69, 9.17) is 11.6 Å². The van der Waals surface area contributed by atoms with Crippen LogP contribution in [0.25, 0.3) is 71.3 Å². The van der Waals surface area contributed by atoms with Crippen molar-refractivity contribution in [1.29, 1.82) is 0 Å². The first-order valence-electron chi connectivity index (χ1n) is 19.3. The Morgan fingerprint density at radius 3 is 2.04 bits per heavy atom. The quantitative estimate of drug-likeness (QED) is 0.171. The Morgan fingerprint density at radius 1 is 0.446 bits per heavy atom. The van der Waals surface area contributed by atoms with Crippen LogP contribution in [-0.4, -0.2) is 4.57 Å². The largest absolute Gasteiger partial charge is 0.310 e. The van der Waals surface area contributed by atoms with Crippen molar-refractivity contribution >= 4 is 72.0 Å². The summed E-state index contributed by atoms with van der Waals surface area (Å²) >= 11 is 7.06. The SMILES string of the molecule is CC1(C)c2ccccc2-c2cc(N(c3ccccc3)c3cc(Cl)cc(-c4ccc5cc6c(cc5c4)c4ccc5ccccc5c4n6-c4ccccc4)c3)ccc21. The van der Waals surface area contributed by atoms with Crippen LogP contribution in [0.4, 0.5) is 17.1 Å². The van der Waals surface area contributed by atoms with Gasteiger partial charge in [0, 0.05) is 49.3 Å². The van der Waals surface area contributed by atoms with Gasteiger partial charge >= 0.3 is 0 Å². The van der Waals surface area contributed by atoms with Crippen LogP contribution in [0.15, 0.2) is 188 Å². The lowest BCUT2D eigenvalue weighted by Crippen LogP contribution is -2.15. The highest BCUT2D eigenvalue weighted by Gasteiger charge is 2.35. The fourth-order valence-corrected chi connectivity index (χ4v) is 9.52. The smallest absolute Gasteiger partial charge is 0.0619 e. The van der Waals surface area contributed by atoms with Crippen molar-refractivity contribution in [2.75, 3.05) is 4.90 Å². The first kappa shape index (κ1) is 32.8. The van der Waals surface area contributed by atoms with Gasteiger partial charge in [0.1, 0.15) is 0 Å². The first-order chi connectivity index (χ1) is 27.4. The number of rotatable bonds is 5. The molecule has 0 fully saturated rings. The minimum atomic E-state index is -0.0584. The second-order valence-corrected chi connectivity index (χ2v) is 16.0. The zero-order chi connectivity index (χ0) is 37.5. The molecule has 266 valence electrons. The van der Waals surface area contributed by atoms with Gasteiger partial charge in [-0.3, -0.25) is 0 Å². The molecule has 0 unspecified atom stereocenters. The molecule has 2 nitrogen and oxygen atoms in total. The molecule has 11 rings (SSSR count). The molecule has 0 aliphatic heterocycles. The van der Waals surface area contributed by atoms with Crippen LogP contribution < -0.4 is 4.90 Å². The Balaban J connectivity index is 1.07. The number of fused-ring (bicyclic) bond motifs is 9. The number of halogens is 1. The molecule has 0 N–H and O–H groups in total. The van der Waals surface area contributed by atoms with Crippen LogP contribution in [-0.2, 0) is 5.41 Å². The summed E-state index contributed by atoms with van der Waals surface area (Å²) in [5.74, 6) is 0. The predicted molar refractivity (Wildman–Crippen MR) is 238 cm³/mol. The topological polar surface area (TPSA) is 8.17 Å². The van der Waals surface area contributed by atoms with Crippen molar-refractivity contribution in [1.82, 2.24) is 4.57 Å². The van der Waals surface area contributed by atoms with Crippen LogP contribution in [0, 0.1) is 0 Å². The molecule has 0 radical (unpaired) electrons. The fraction of sp³-hybridized carbons (Fsp3) is 0.0566. The van der Waals surface area contributed by atoms with Gasteiger partial charge in [-0.1, -0.05) is 141 Å². The van der Waals surface area contributed by atoms with E-state index in [1.165, 1.54) is 65.6 Å². The van der Waals surface area contributed by atoms with Gasteiger partial charge in [-0.05, 0) is 122 Å². The molecule has 1 aromatic heterocycles. The summed E-state index contributed by atoms with van der Waals surface area (Å²) in [4.78, 5) is 2.33. The predicted octanol–water partition coefficient (Wildman–Crippen LogP) is 15.2. The summed E-state index contributed by atoms with van der Waals surface area (Å²) in [6.07, 6.45) is 0. The number of anilines is 3. The molecule has 0 saturated heterocycles. The van der Waals surface area contributed by atoms with Crippen molar-refractivity contribution in [3.8, 4) is 27.9 Å². The lowest BCUT2D eigenvalue weighted by atomic mass is 9.82. The summed E-state index contributed by atoms with van der Waals surface area (Å²) in [7, 11) is 0. The van der Waals surface area contributed by atoms with Gasteiger partial charge < -0.3 is 9.47 Å². The maximum Gasteiger partial charge on any atom is 0.0619 e. The van der Waals surface area contributed by atoms with E-state index < -0.39 is 0 Å². The summed E-state index contributed by atoms with van der Waals surface area (Å²) in [5.41, 5.74) is 14.2. The minimum absolute atomic E-state index is 0.0584. The fourth-order valence-electron chi connectivity index (χ4n) is 9.29. The van der Waals surface area contributed by atoms with Crippen LogP contribution in [0.3, 0.4) is 0 Å². The van der Waals surface area contributed by atoms with Gasteiger partial charge in [-0.15, -0.1) is 0 Å². The summed E-state index contributed by atoms with van der Waals surface area (Å²) in [5, 5.41) is 8.06. The van der Waals surface area contributed by atoms with Gasteiger partial charge in [-0.2, -0.15) is 0 Å². The van der Waals surface area contributed by atoms with Crippen molar-refractivity contribution in [3.63, 3.8) is 0 Å². The van der Waals surface area contributed by atoms with E-state index >= 15 is 0 Å². The van der Waals surface area contributed by atoms with Gasteiger partial charge in [0.05, 0.1) is 11.0 Å². The second-order valence-electron chi connectivity index (χ2n) is 15.6. The average Bonchev–Trinajstić information content (AvgIpc) is 3.68. The molecule has 9 aromatic carbocycles. The molecule has 0 atom stereocenters. The molecule has 0 amide bonds. The highest BCUT2D eigenvalue weighted by Crippen LogP contribution is 2.51. The lowest BCUT2D eigenvalue weighted by Gasteiger charge is -2.27. The number of hydrogen-bond acceptors (Lipinski definition) is 1. The van der Waals surface area contributed by atoms with Crippen LogP contribution in [0.5, 0.6) is 0 Å². The van der Waals surface area contributed by atoms with Crippen LogP contribution >= 0.6 is 11.6 Å². The molecule has 0 bridgehead atoms. The number of benzene rings is 9. The van der Waals surface area contributed by atoms with Crippen LogP contribution in [0.2, 0.25) is 5.02 Å². The Bertz CT molecular complexity index is 3180. The zero-order valence-electron chi connectivity index (χ0n) is 31.2. The molecule has 1 aliphatic carbocycles. The molecular weight excluding hydrogens is 700 g/mol. The Kier molecular flexibility index (Phi) is 7.30. The number of nitrogens with zero attached hydrogens (tertiary/aromatic N) is 2. The van der Waals surface area contributed by atoms with E-state index in [1.54, 1.807) is 0 Å². The first-order valence-corrected chi connectivity index (χ1v) is 19.7. The molecular formula is C53H37ClN2. The maximum absolute atomic E-state index is 7.06.